The third kappa shape index (κ3) is 5.13. The minimum atomic E-state index is -0.600. The zero-order valence-corrected chi connectivity index (χ0v) is 33.2. The van der Waals surface area contributed by atoms with Gasteiger partial charge in [-0.15, -0.1) is 0 Å². The summed E-state index contributed by atoms with van der Waals surface area (Å²) < 4.78 is 8.55. The standard InChI is InChI=1S/C50H34B2N2O8/c51-43-41-34(22-37(56)47(58)42(41)44(52)50(61)49(43)60)53(35-23-36(55)40(48(59)46(35)57)27-17-16-24-8-1-2-9-25(24)20-27)31-12-4-3-10-28(31)26-18-19-32-30(21-26)29-11-7-15-39-45(29)54(32)33-13-5-6-14-38(33)62-39/h1-23,55-61H,51-52H2. The minimum absolute atomic E-state index is 0.00219. The van der Waals surface area contributed by atoms with Gasteiger partial charge in [0.25, 0.3) is 0 Å². The first-order valence-corrected chi connectivity index (χ1v) is 19.9. The molecule has 0 fully saturated rings. The molecule has 1 aliphatic rings. The van der Waals surface area contributed by atoms with Crippen molar-refractivity contribution in [2.75, 3.05) is 4.90 Å². The molecule has 0 radical (unpaired) electrons. The van der Waals surface area contributed by atoms with Gasteiger partial charge in [0.1, 0.15) is 21.4 Å². The molecular formula is C50H34B2N2O8. The fourth-order valence-corrected chi connectivity index (χ4v) is 9.27. The van der Waals surface area contributed by atoms with Gasteiger partial charge in [-0.1, -0.05) is 84.9 Å². The van der Waals surface area contributed by atoms with E-state index in [1.807, 2.05) is 97.1 Å². The van der Waals surface area contributed by atoms with Gasteiger partial charge in [-0.2, -0.15) is 0 Å². The predicted octanol–water partition coefficient (Wildman–Crippen LogP) is 8.46. The average Bonchev–Trinajstić information content (AvgIpc) is 3.62. The second-order valence-electron chi connectivity index (χ2n) is 15.7. The molecule has 0 amide bonds. The van der Waals surface area contributed by atoms with Crippen LogP contribution >= 0.6 is 0 Å². The number of rotatable bonds is 5. The third-order valence-electron chi connectivity index (χ3n) is 12.2. The number of fused-ring (bicyclic) bond motifs is 7. The predicted molar refractivity (Wildman–Crippen MR) is 249 cm³/mol. The second kappa shape index (κ2) is 13.3. The highest BCUT2D eigenvalue weighted by atomic mass is 16.5. The summed E-state index contributed by atoms with van der Waals surface area (Å²) in [6.07, 6.45) is 0. The zero-order chi connectivity index (χ0) is 42.7. The van der Waals surface area contributed by atoms with E-state index in [4.69, 9.17) is 4.74 Å². The Kier molecular flexibility index (Phi) is 7.88. The van der Waals surface area contributed by atoms with E-state index in [-0.39, 0.29) is 44.4 Å². The molecule has 7 N–H and O–H groups in total. The van der Waals surface area contributed by atoms with E-state index in [0.29, 0.717) is 16.8 Å². The number of aromatic hydroxyl groups is 7. The molecule has 12 heteroatoms. The smallest absolute Gasteiger partial charge is 0.183 e. The molecule has 2 heterocycles. The van der Waals surface area contributed by atoms with Gasteiger partial charge >= 0.3 is 0 Å². The van der Waals surface area contributed by atoms with Crippen molar-refractivity contribution < 1.29 is 40.5 Å². The monoisotopic (exact) mass is 812 g/mol. The molecule has 0 saturated heterocycles. The molecule has 62 heavy (non-hydrogen) atoms. The van der Waals surface area contributed by atoms with Crippen molar-refractivity contribution in [2.24, 2.45) is 0 Å². The molecule has 298 valence electrons. The van der Waals surface area contributed by atoms with Crippen LogP contribution in [-0.2, 0) is 0 Å². The molecule has 1 aromatic heterocycles. The molecule has 9 aromatic carbocycles. The molecule has 0 unspecified atom stereocenters. The fourth-order valence-electron chi connectivity index (χ4n) is 9.27. The molecule has 10 nitrogen and oxygen atoms in total. The molecule has 0 spiro atoms. The van der Waals surface area contributed by atoms with Gasteiger partial charge in [0, 0.05) is 39.2 Å². The Labute approximate surface area is 355 Å². The number of benzene rings is 9. The lowest BCUT2D eigenvalue weighted by molar-refractivity contribution is 0.400. The number of para-hydroxylation sites is 4. The Balaban J connectivity index is 1.20. The van der Waals surface area contributed by atoms with Crippen LogP contribution in [0.1, 0.15) is 0 Å². The molecule has 0 saturated carbocycles. The number of phenols is 7. The number of aromatic nitrogens is 1. The molecule has 10 aromatic rings. The van der Waals surface area contributed by atoms with Crippen molar-refractivity contribution in [3.8, 4) is 79.7 Å². The van der Waals surface area contributed by atoms with E-state index in [9.17, 15) is 35.7 Å². The van der Waals surface area contributed by atoms with Crippen molar-refractivity contribution in [3.63, 3.8) is 0 Å². The lowest BCUT2D eigenvalue weighted by Crippen LogP contribution is -2.20. The molecule has 11 rings (SSSR count). The highest BCUT2D eigenvalue weighted by molar-refractivity contribution is 6.50. The number of ether oxygens (including phenoxy) is 1. The largest absolute Gasteiger partial charge is 0.507 e. The number of anilines is 3. The van der Waals surface area contributed by atoms with Crippen LogP contribution in [0.3, 0.4) is 0 Å². The summed E-state index contributed by atoms with van der Waals surface area (Å²) in [5.74, 6) is -2.08. The highest BCUT2D eigenvalue weighted by Crippen LogP contribution is 2.56. The number of phenolic OH excluding ortho intramolecular Hbond substituents is 7. The number of nitrogens with zero attached hydrogens (tertiary/aromatic N) is 2. The van der Waals surface area contributed by atoms with Crippen LogP contribution in [-0.4, -0.2) is 56.0 Å². The third-order valence-corrected chi connectivity index (χ3v) is 12.2. The van der Waals surface area contributed by atoms with Gasteiger partial charge in [0.05, 0.1) is 39.3 Å². The van der Waals surface area contributed by atoms with Crippen LogP contribution in [0.5, 0.6) is 51.7 Å². The maximum Gasteiger partial charge on any atom is 0.183 e. The molecule has 0 atom stereocenters. The van der Waals surface area contributed by atoms with E-state index in [1.165, 1.54) is 20.0 Å². The van der Waals surface area contributed by atoms with Gasteiger partial charge in [-0.25, -0.2) is 0 Å². The summed E-state index contributed by atoms with van der Waals surface area (Å²) in [6.45, 7) is 0. The first-order valence-electron chi connectivity index (χ1n) is 19.9. The second-order valence-corrected chi connectivity index (χ2v) is 15.7. The van der Waals surface area contributed by atoms with Gasteiger partial charge in [-0.3, -0.25) is 0 Å². The van der Waals surface area contributed by atoms with Crippen molar-refractivity contribution in [1.29, 1.82) is 0 Å². The Morgan fingerprint density at radius 2 is 1.15 bits per heavy atom. The minimum Gasteiger partial charge on any atom is -0.507 e. The maximum atomic E-state index is 12.2. The van der Waals surface area contributed by atoms with E-state index >= 15 is 0 Å². The first kappa shape index (κ1) is 36.7. The Morgan fingerprint density at radius 1 is 0.468 bits per heavy atom. The quantitative estimate of drug-likeness (QED) is 0.0515. The van der Waals surface area contributed by atoms with Crippen molar-refractivity contribution >= 4 is 87.0 Å². The highest BCUT2D eigenvalue weighted by Gasteiger charge is 2.31. The molecular weight excluding hydrogens is 778 g/mol. The Morgan fingerprint density at radius 3 is 1.97 bits per heavy atom. The SMILES string of the molecule is Bc1c(O)c(O)c(B)c2c(O)c(O)cc(N(c3ccccc3-c3ccc4c(c3)c3cccc5c3n4-c3ccccc3O5)c3cc(O)c(-c4ccc5ccccc5c4)c(O)c3O)c12. The van der Waals surface area contributed by atoms with Crippen LogP contribution in [0.15, 0.2) is 140 Å². The normalized spacial score (nSPS) is 11.9. The van der Waals surface area contributed by atoms with E-state index in [0.717, 1.165) is 55.3 Å². The van der Waals surface area contributed by atoms with Gasteiger partial charge in [-0.05, 0) is 75.3 Å². The van der Waals surface area contributed by atoms with E-state index in [1.54, 1.807) is 30.9 Å². The summed E-state index contributed by atoms with van der Waals surface area (Å²) in [5.41, 5.74) is 5.40. The number of hydrogen-bond donors (Lipinski definition) is 7. The Hall–Kier alpha value is -8.37. The molecule has 0 aliphatic carbocycles. The Bertz CT molecular complexity index is 3590. The van der Waals surface area contributed by atoms with Crippen LogP contribution < -0.4 is 20.6 Å². The number of hydrogen-bond acceptors (Lipinski definition) is 9. The summed E-state index contributed by atoms with van der Waals surface area (Å²) in [7, 11) is 3.06. The lowest BCUT2D eigenvalue weighted by atomic mass is 9.79. The topological polar surface area (TPSA) is 159 Å². The van der Waals surface area contributed by atoms with Gasteiger partial charge in [0.15, 0.2) is 46.0 Å². The van der Waals surface area contributed by atoms with E-state index < -0.39 is 34.5 Å². The van der Waals surface area contributed by atoms with Crippen molar-refractivity contribution in [3.05, 3.63) is 140 Å². The van der Waals surface area contributed by atoms with Crippen LogP contribution in [0, 0.1) is 0 Å². The van der Waals surface area contributed by atoms with Gasteiger partial charge < -0.3 is 49.9 Å². The van der Waals surface area contributed by atoms with Gasteiger partial charge in [0.2, 0.25) is 0 Å². The first-order chi connectivity index (χ1) is 30.0. The van der Waals surface area contributed by atoms with E-state index in [2.05, 4.69) is 16.7 Å². The van der Waals surface area contributed by atoms with Crippen LogP contribution in [0.4, 0.5) is 17.1 Å². The summed E-state index contributed by atoms with van der Waals surface area (Å²) in [6, 6.07) is 43.0. The van der Waals surface area contributed by atoms with Crippen LogP contribution in [0.2, 0.25) is 0 Å². The van der Waals surface area contributed by atoms with Crippen LogP contribution in [0.25, 0.3) is 71.3 Å². The summed E-state index contributed by atoms with van der Waals surface area (Å²) in [5, 5.41) is 85.0. The molecule has 0 bridgehead atoms. The zero-order valence-electron chi connectivity index (χ0n) is 33.2. The fraction of sp³-hybridized carbons (Fsp3) is 0. The maximum absolute atomic E-state index is 12.2. The molecule has 1 aliphatic heterocycles. The average molecular weight is 812 g/mol. The summed E-state index contributed by atoms with van der Waals surface area (Å²) >= 11 is 0. The van der Waals surface area contributed by atoms with Crippen molar-refractivity contribution in [2.45, 2.75) is 0 Å². The lowest BCUT2D eigenvalue weighted by Gasteiger charge is -2.31. The summed E-state index contributed by atoms with van der Waals surface area (Å²) in [4.78, 5) is 1.56. The van der Waals surface area contributed by atoms with Crippen molar-refractivity contribution in [1.82, 2.24) is 4.57 Å².